The van der Waals surface area contributed by atoms with E-state index in [1.165, 1.54) is 57.8 Å². The highest BCUT2D eigenvalue weighted by atomic mass is 16.3. The van der Waals surface area contributed by atoms with Gasteiger partial charge in [0.1, 0.15) is 0 Å². The van der Waals surface area contributed by atoms with Crippen molar-refractivity contribution in [1.29, 1.82) is 0 Å². The van der Waals surface area contributed by atoms with Crippen LogP contribution in [0.5, 0.6) is 0 Å². The second-order valence-corrected chi connectivity index (χ2v) is 7.59. The molecule has 0 amide bonds. The summed E-state index contributed by atoms with van der Waals surface area (Å²) in [6.45, 7) is 2.04. The summed E-state index contributed by atoms with van der Waals surface area (Å²) in [7, 11) is 8.52. The standard InChI is InChI=1S/C18H38N2O/c1-19(2)14-16-12-10-8-6-5-7-9-11-13-17(18(16)21)15-20(3)4/h16-18,21H,5-15H2,1-4H3. The van der Waals surface area contributed by atoms with Gasteiger partial charge >= 0.3 is 0 Å². The Kier molecular flexibility index (Phi) is 9.54. The summed E-state index contributed by atoms with van der Waals surface area (Å²) in [4.78, 5) is 4.49. The van der Waals surface area contributed by atoms with Gasteiger partial charge in [0.15, 0.2) is 0 Å². The van der Waals surface area contributed by atoms with E-state index in [9.17, 15) is 5.11 Å². The quantitative estimate of drug-likeness (QED) is 0.863. The third-order valence-electron chi connectivity index (χ3n) is 4.82. The lowest BCUT2D eigenvalue weighted by molar-refractivity contribution is 0.0189. The first kappa shape index (κ1) is 18.9. The molecule has 1 aliphatic rings. The van der Waals surface area contributed by atoms with Crippen LogP contribution in [-0.2, 0) is 0 Å². The Bertz CT molecular complexity index is 232. The SMILES string of the molecule is CN(C)CC1CCCCCCCCCC(CN(C)C)C1O. The molecule has 1 fully saturated rings. The van der Waals surface area contributed by atoms with Crippen molar-refractivity contribution in [3.05, 3.63) is 0 Å². The predicted molar refractivity (Wildman–Crippen MR) is 91.6 cm³/mol. The van der Waals surface area contributed by atoms with Crippen LogP contribution in [0.2, 0.25) is 0 Å². The fraction of sp³-hybridized carbons (Fsp3) is 1.00. The second kappa shape index (κ2) is 10.6. The van der Waals surface area contributed by atoms with Crippen molar-refractivity contribution in [2.24, 2.45) is 11.8 Å². The molecule has 0 spiro atoms. The molecule has 2 unspecified atom stereocenters. The van der Waals surface area contributed by atoms with Gasteiger partial charge in [-0.3, -0.25) is 0 Å². The first-order valence-electron chi connectivity index (χ1n) is 8.98. The molecule has 0 aromatic carbocycles. The van der Waals surface area contributed by atoms with E-state index < -0.39 is 0 Å². The Labute approximate surface area is 132 Å². The molecule has 1 aliphatic carbocycles. The van der Waals surface area contributed by atoms with E-state index in [4.69, 9.17) is 0 Å². The highest BCUT2D eigenvalue weighted by Crippen LogP contribution is 2.26. The van der Waals surface area contributed by atoms with Crippen molar-refractivity contribution in [3.63, 3.8) is 0 Å². The summed E-state index contributed by atoms with van der Waals surface area (Å²) in [6, 6.07) is 0. The number of aliphatic hydroxyl groups is 1. The average Bonchev–Trinajstić information content (AvgIpc) is 2.40. The van der Waals surface area contributed by atoms with Crippen molar-refractivity contribution in [2.75, 3.05) is 41.3 Å². The normalized spacial score (nSPS) is 30.1. The molecule has 0 saturated heterocycles. The lowest BCUT2D eigenvalue weighted by Crippen LogP contribution is -2.40. The minimum Gasteiger partial charge on any atom is -0.392 e. The molecular weight excluding hydrogens is 260 g/mol. The third-order valence-corrected chi connectivity index (χ3v) is 4.82. The number of hydrogen-bond acceptors (Lipinski definition) is 3. The zero-order valence-electron chi connectivity index (χ0n) is 14.9. The summed E-state index contributed by atoms with van der Waals surface area (Å²) in [5, 5.41) is 11.0. The van der Waals surface area contributed by atoms with Crippen molar-refractivity contribution < 1.29 is 5.11 Å². The van der Waals surface area contributed by atoms with Crippen LogP contribution in [0.15, 0.2) is 0 Å². The minimum absolute atomic E-state index is 0.144. The highest BCUT2D eigenvalue weighted by molar-refractivity contribution is 4.80. The molecule has 2 atom stereocenters. The van der Waals surface area contributed by atoms with Gasteiger partial charge in [0.2, 0.25) is 0 Å². The number of aliphatic hydroxyl groups excluding tert-OH is 1. The van der Waals surface area contributed by atoms with Crippen LogP contribution >= 0.6 is 0 Å². The van der Waals surface area contributed by atoms with Crippen LogP contribution in [0.3, 0.4) is 0 Å². The molecule has 1 saturated carbocycles. The van der Waals surface area contributed by atoms with Crippen molar-refractivity contribution >= 4 is 0 Å². The maximum atomic E-state index is 11.0. The van der Waals surface area contributed by atoms with Gasteiger partial charge in [-0.1, -0.05) is 44.9 Å². The Morgan fingerprint density at radius 1 is 0.667 bits per heavy atom. The molecule has 0 aromatic heterocycles. The molecule has 3 nitrogen and oxygen atoms in total. The Morgan fingerprint density at radius 2 is 1.00 bits per heavy atom. The third kappa shape index (κ3) is 8.18. The van der Waals surface area contributed by atoms with Gasteiger partial charge in [-0.2, -0.15) is 0 Å². The lowest BCUT2D eigenvalue weighted by atomic mass is 9.83. The molecule has 1 N–H and O–H groups in total. The van der Waals surface area contributed by atoms with E-state index >= 15 is 0 Å². The maximum Gasteiger partial charge on any atom is 0.0620 e. The Balaban J connectivity index is 2.69. The smallest absolute Gasteiger partial charge is 0.0620 e. The highest BCUT2D eigenvalue weighted by Gasteiger charge is 2.28. The van der Waals surface area contributed by atoms with E-state index in [0.29, 0.717) is 11.8 Å². The summed E-state index contributed by atoms with van der Waals surface area (Å²) in [6.07, 6.45) is 11.6. The molecule has 0 aromatic rings. The second-order valence-electron chi connectivity index (χ2n) is 7.59. The topological polar surface area (TPSA) is 26.7 Å². The molecule has 0 bridgehead atoms. The van der Waals surface area contributed by atoms with E-state index in [0.717, 1.165) is 13.1 Å². The van der Waals surface area contributed by atoms with Crippen LogP contribution in [0.25, 0.3) is 0 Å². The molecule has 126 valence electrons. The summed E-state index contributed by atoms with van der Waals surface area (Å²) in [5.41, 5.74) is 0. The molecule has 0 heterocycles. The van der Waals surface area contributed by atoms with Crippen molar-refractivity contribution in [2.45, 2.75) is 63.9 Å². The van der Waals surface area contributed by atoms with Gasteiger partial charge in [0.25, 0.3) is 0 Å². The van der Waals surface area contributed by atoms with E-state index in [1.807, 2.05) is 0 Å². The minimum atomic E-state index is -0.144. The zero-order valence-corrected chi connectivity index (χ0v) is 14.9. The van der Waals surface area contributed by atoms with E-state index in [2.05, 4.69) is 38.0 Å². The number of rotatable bonds is 4. The maximum absolute atomic E-state index is 11.0. The summed E-state index contributed by atoms with van der Waals surface area (Å²) < 4.78 is 0. The first-order valence-corrected chi connectivity index (χ1v) is 8.98. The van der Waals surface area contributed by atoms with Crippen molar-refractivity contribution in [3.8, 4) is 0 Å². The summed E-state index contributed by atoms with van der Waals surface area (Å²) in [5.74, 6) is 0.869. The van der Waals surface area contributed by atoms with E-state index in [1.54, 1.807) is 0 Å². The van der Waals surface area contributed by atoms with Crippen LogP contribution in [0.1, 0.15) is 57.8 Å². The number of hydrogen-bond donors (Lipinski definition) is 1. The van der Waals surface area contributed by atoms with Crippen LogP contribution in [0, 0.1) is 11.8 Å². The van der Waals surface area contributed by atoms with Gasteiger partial charge in [-0.15, -0.1) is 0 Å². The molecule has 0 aliphatic heterocycles. The Morgan fingerprint density at radius 3 is 1.33 bits per heavy atom. The summed E-state index contributed by atoms with van der Waals surface area (Å²) >= 11 is 0. The molecule has 3 heteroatoms. The fourth-order valence-corrected chi connectivity index (χ4v) is 3.76. The monoisotopic (exact) mass is 298 g/mol. The van der Waals surface area contributed by atoms with Gasteiger partial charge in [0, 0.05) is 13.1 Å². The fourth-order valence-electron chi connectivity index (χ4n) is 3.76. The van der Waals surface area contributed by atoms with E-state index in [-0.39, 0.29) is 6.10 Å². The first-order chi connectivity index (χ1) is 10.0. The van der Waals surface area contributed by atoms with Gasteiger partial charge in [-0.25, -0.2) is 0 Å². The van der Waals surface area contributed by atoms with Crippen LogP contribution in [0.4, 0.5) is 0 Å². The van der Waals surface area contributed by atoms with Gasteiger partial charge in [0.05, 0.1) is 6.10 Å². The number of nitrogens with zero attached hydrogens (tertiary/aromatic N) is 2. The molecule has 0 radical (unpaired) electrons. The van der Waals surface area contributed by atoms with Crippen LogP contribution in [-0.4, -0.2) is 62.3 Å². The predicted octanol–water partition coefficient (Wildman–Crippen LogP) is 3.23. The molecule has 21 heavy (non-hydrogen) atoms. The van der Waals surface area contributed by atoms with Gasteiger partial charge in [-0.05, 0) is 52.9 Å². The average molecular weight is 299 g/mol. The molecular formula is C18H38N2O. The van der Waals surface area contributed by atoms with Crippen molar-refractivity contribution in [1.82, 2.24) is 9.80 Å². The van der Waals surface area contributed by atoms with Gasteiger partial charge < -0.3 is 14.9 Å². The zero-order chi connectivity index (χ0) is 15.7. The largest absolute Gasteiger partial charge is 0.392 e. The van der Waals surface area contributed by atoms with Crippen LogP contribution < -0.4 is 0 Å². The lowest BCUT2D eigenvalue weighted by Gasteiger charge is -2.33. The Hall–Kier alpha value is -0.120. The molecule has 1 rings (SSSR count).